The monoisotopic (exact) mass is 312 g/mol. The van der Waals surface area contributed by atoms with Crippen molar-refractivity contribution in [1.29, 1.82) is 0 Å². The van der Waals surface area contributed by atoms with Gasteiger partial charge in [0.2, 0.25) is 0 Å². The maximum absolute atomic E-state index is 4.34. The Balaban J connectivity index is 1.69. The average molecular weight is 312 g/mol. The Morgan fingerprint density at radius 1 is 0.708 bits per heavy atom. The summed E-state index contributed by atoms with van der Waals surface area (Å²) in [5.74, 6) is 0. The third kappa shape index (κ3) is 2.90. The van der Waals surface area contributed by atoms with Gasteiger partial charge in [0.15, 0.2) is 0 Å². The zero-order valence-electron chi connectivity index (χ0n) is 13.0. The molecule has 0 saturated heterocycles. The van der Waals surface area contributed by atoms with Crippen LogP contribution in [0.25, 0.3) is 16.9 Å². The SMILES string of the molecule is c1ccc(Nc2ccccc2-c2cn(-c3ccccc3)nn2)cc1. The van der Waals surface area contributed by atoms with E-state index in [4.69, 9.17) is 0 Å². The molecule has 0 saturated carbocycles. The highest BCUT2D eigenvalue weighted by molar-refractivity contribution is 5.78. The van der Waals surface area contributed by atoms with Crippen LogP contribution in [0.15, 0.2) is 91.1 Å². The van der Waals surface area contributed by atoms with E-state index in [-0.39, 0.29) is 0 Å². The summed E-state index contributed by atoms with van der Waals surface area (Å²) in [6.45, 7) is 0. The lowest BCUT2D eigenvalue weighted by Crippen LogP contribution is -1.93. The Labute approximate surface area is 140 Å². The minimum absolute atomic E-state index is 0.831. The molecule has 0 aliphatic heterocycles. The molecule has 1 N–H and O–H groups in total. The highest BCUT2D eigenvalue weighted by Crippen LogP contribution is 2.29. The summed E-state index contributed by atoms with van der Waals surface area (Å²) in [6, 6.07) is 28.2. The van der Waals surface area contributed by atoms with Gasteiger partial charge in [-0.3, -0.25) is 0 Å². The molecular weight excluding hydrogens is 296 g/mol. The number of nitrogens with zero attached hydrogens (tertiary/aromatic N) is 3. The molecule has 0 amide bonds. The van der Waals surface area contributed by atoms with Gasteiger partial charge in [-0.25, -0.2) is 4.68 Å². The van der Waals surface area contributed by atoms with E-state index >= 15 is 0 Å². The van der Waals surface area contributed by atoms with Crippen LogP contribution >= 0.6 is 0 Å². The molecule has 0 spiro atoms. The molecule has 1 aromatic heterocycles. The van der Waals surface area contributed by atoms with Crippen molar-refractivity contribution in [2.75, 3.05) is 5.32 Å². The molecule has 1 heterocycles. The van der Waals surface area contributed by atoms with Crippen molar-refractivity contribution in [3.63, 3.8) is 0 Å². The molecule has 0 unspecified atom stereocenters. The first kappa shape index (κ1) is 14.2. The Hall–Kier alpha value is -3.40. The second-order valence-electron chi connectivity index (χ2n) is 5.42. The number of aromatic nitrogens is 3. The highest BCUT2D eigenvalue weighted by Gasteiger charge is 2.09. The molecule has 0 atom stereocenters. The van der Waals surface area contributed by atoms with Crippen LogP contribution < -0.4 is 5.32 Å². The van der Waals surface area contributed by atoms with Gasteiger partial charge in [-0.2, -0.15) is 0 Å². The second kappa shape index (κ2) is 6.38. The number of benzene rings is 3. The second-order valence-corrected chi connectivity index (χ2v) is 5.42. The molecule has 0 fully saturated rings. The molecule has 0 bridgehead atoms. The largest absolute Gasteiger partial charge is 0.355 e. The number of anilines is 2. The van der Waals surface area contributed by atoms with Gasteiger partial charge in [0.25, 0.3) is 0 Å². The Bertz CT molecular complexity index is 930. The van der Waals surface area contributed by atoms with Crippen molar-refractivity contribution in [1.82, 2.24) is 15.0 Å². The normalized spacial score (nSPS) is 10.5. The van der Waals surface area contributed by atoms with Crippen molar-refractivity contribution >= 4 is 11.4 Å². The van der Waals surface area contributed by atoms with E-state index in [2.05, 4.69) is 15.6 Å². The number of hydrogen-bond acceptors (Lipinski definition) is 3. The zero-order valence-corrected chi connectivity index (χ0v) is 13.0. The van der Waals surface area contributed by atoms with Gasteiger partial charge in [-0.15, -0.1) is 5.10 Å². The molecule has 4 heteroatoms. The van der Waals surface area contributed by atoms with E-state index in [0.717, 1.165) is 28.3 Å². The fourth-order valence-corrected chi connectivity index (χ4v) is 2.59. The van der Waals surface area contributed by atoms with E-state index in [1.54, 1.807) is 4.68 Å². The van der Waals surface area contributed by atoms with Crippen molar-refractivity contribution in [2.24, 2.45) is 0 Å². The number of hydrogen-bond donors (Lipinski definition) is 1. The van der Waals surface area contributed by atoms with Gasteiger partial charge in [0.05, 0.1) is 11.9 Å². The molecule has 116 valence electrons. The third-order valence-corrected chi connectivity index (χ3v) is 3.77. The molecule has 3 aromatic carbocycles. The maximum Gasteiger partial charge on any atom is 0.115 e. The van der Waals surface area contributed by atoms with E-state index in [0.29, 0.717) is 0 Å². The first-order valence-electron chi connectivity index (χ1n) is 7.79. The predicted octanol–water partition coefficient (Wildman–Crippen LogP) is 4.68. The fourth-order valence-electron chi connectivity index (χ4n) is 2.59. The van der Waals surface area contributed by atoms with Crippen LogP contribution in [0.2, 0.25) is 0 Å². The Kier molecular flexibility index (Phi) is 3.78. The standard InChI is InChI=1S/C20H16N4/c1-3-9-16(10-4-1)21-19-14-8-7-13-18(19)20-15-24(23-22-20)17-11-5-2-6-12-17/h1-15,21H. The Morgan fingerprint density at radius 2 is 1.38 bits per heavy atom. The number of nitrogens with one attached hydrogen (secondary N) is 1. The Morgan fingerprint density at radius 3 is 2.17 bits per heavy atom. The highest BCUT2D eigenvalue weighted by atomic mass is 15.4. The smallest absolute Gasteiger partial charge is 0.115 e. The first-order valence-corrected chi connectivity index (χ1v) is 7.79. The quantitative estimate of drug-likeness (QED) is 0.595. The van der Waals surface area contributed by atoms with Crippen molar-refractivity contribution in [2.45, 2.75) is 0 Å². The van der Waals surface area contributed by atoms with Gasteiger partial charge in [-0.05, 0) is 30.3 Å². The van der Waals surface area contributed by atoms with Crippen molar-refractivity contribution < 1.29 is 0 Å². The number of para-hydroxylation sites is 3. The molecule has 0 radical (unpaired) electrons. The van der Waals surface area contributed by atoms with Gasteiger partial charge in [0, 0.05) is 16.9 Å². The van der Waals surface area contributed by atoms with Crippen molar-refractivity contribution in [3.8, 4) is 16.9 Å². The number of rotatable bonds is 4. The van der Waals surface area contributed by atoms with Crippen LogP contribution in [0.5, 0.6) is 0 Å². The van der Waals surface area contributed by atoms with Crippen LogP contribution in [0.3, 0.4) is 0 Å². The van der Waals surface area contributed by atoms with E-state index in [1.807, 2.05) is 91.1 Å². The van der Waals surface area contributed by atoms with Gasteiger partial charge in [0.1, 0.15) is 5.69 Å². The molecule has 4 aromatic rings. The molecule has 0 aliphatic rings. The first-order chi connectivity index (χ1) is 11.9. The van der Waals surface area contributed by atoms with E-state index in [9.17, 15) is 0 Å². The molecule has 0 aliphatic carbocycles. The molecule has 24 heavy (non-hydrogen) atoms. The molecular formula is C20H16N4. The van der Waals surface area contributed by atoms with Crippen LogP contribution in [-0.2, 0) is 0 Å². The minimum atomic E-state index is 0.831. The predicted molar refractivity (Wildman–Crippen MR) is 96.5 cm³/mol. The lowest BCUT2D eigenvalue weighted by Gasteiger charge is -2.10. The van der Waals surface area contributed by atoms with Crippen LogP contribution in [0, 0.1) is 0 Å². The summed E-state index contributed by atoms with van der Waals surface area (Å²) in [6.07, 6.45) is 1.95. The molecule has 4 nitrogen and oxygen atoms in total. The lowest BCUT2D eigenvalue weighted by atomic mass is 10.1. The van der Waals surface area contributed by atoms with Gasteiger partial charge in [-0.1, -0.05) is 59.8 Å². The van der Waals surface area contributed by atoms with Gasteiger partial charge < -0.3 is 5.32 Å². The summed E-state index contributed by atoms with van der Waals surface area (Å²) in [5.41, 5.74) is 4.88. The van der Waals surface area contributed by atoms with Crippen LogP contribution in [0.4, 0.5) is 11.4 Å². The van der Waals surface area contributed by atoms with Crippen LogP contribution in [-0.4, -0.2) is 15.0 Å². The van der Waals surface area contributed by atoms with Crippen LogP contribution in [0.1, 0.15) is 0 Å². The summed E-state index contributed by atoms with van der Waals surface area (Å²) in [4.78, 5) is 0. The fraction of sp³-hybridized carbons (Fsp3) is 0. The average Bonchev–Trinajstić information content (AvgIpc) is 3.14. The summed E-state index contributed by atoms with van der Waals surface area (Å²) >= 11 is 0. The summed E-state index contributed by atoms with van der Waals surface area (Å²) in [7, 11) is 0. The maximum atomic E-state index is 4.34. The van der Waals surface area contributed by atoms with E-state index < -0.39 is 0 Å². The summed E-state index contributed by atoms with van der Waals surface area (Å²) in [5, 5.41) is 12.0. The third-order valence-electron chi connectivity index (χ3n) is 3.77. The minimum Gasteiger partial charge on any atom is -0.355 e. The topological polar surface area (TPSA) is 42.7 Å². The zero-order chi connectivity index (χ0) is 16.2. The lowest BCUT2D eigenvalue weighted by molar-refractivity contribution is 0.804. The van der Waals surface area contributed by atoms with E-state index in [1.165, 1.54) is 0 Å². The molecule has 4 rings (SSSR count). The van der Waals surface area contributed by atoms with Crippen molar-refractivity contribution in [3.05, 3.63) is 91.1 Å². The van der Waals surface area contributed by atoms with Gasteiger partial charge >= 0.3 is 0 Å². The summed E-state index contributed by atoms with van der Waals surface area (Å²) < 4.78 is 1.79.